The van der Waals surface area contributed by atoms with Gasteiger partial charge in [-0.2, -0.15) is 10.1 Å². The number of pyridine rings is 1. The van der Waals surface area contributed by atoms with Crippen LogP contribution in [0.4, 0.5) is 0 Å². The average molecular weight is 489 g/mol. The first kappa shape index (κ1) is 23.7. The van der Waals surface area contributed by atoms with E-state index in [0.717, 1.165) is 35.0 Å². The van der Waals surface area contributed by atoms with Crippen LogP contribution in [0.25, 0.3) is 22.3 Å². The van der Waals surface area contributed by atoms with Crippen LogP contribution in [0.5, 0.6) is 5.75 Å². The molecule has 0 saturated heterocycles. The number of amides is 1. The van der Waals surface area contributed by atoms with E-state index in [1.165, 1.54) is 13.3 Å². The molecule has 0 aliphatic heterocycles. The summed E-state index contributed by atoms with van der Waals surface area (Å²) in [6, 6.07) is 9.37. The standard InChI is InChI=1S/C26H28N6O4/c1-15-19-13-18(10-11-20(19)32(2)30-15)24-29-26(36-31-24)17-8-6-16(7-9-17)21(33)14-28-25(34)23-22(35-3)5-4-12-27-23/h4-5,10-13,16-17H,6-9,14H2,1-3H3,(H,28,34). The van der Waals surface area contributed by atoms with E-state index >= 15 is 0 Å². The molecule has 1 amide bonds. The van der Waals surface area contributed by atoms with Crippen LogP contribution >= 0.6 is 0 Å². The Bertz CT molecular complexity index is 1420. The van der Waals surface area contributed by atoms with E-state index < -0.39 is 5.91 Å². The quantitative estimate of drug-likeness (QED) is 0.418. The van der Waals surface area contributed by atoms with Crippen molar-refractivity contribution in [2.45, 2.75) is 38.5 Å². The zero-order valence-corrected chi connectivity index (χ0v) is 20.5. The molecule has 0 bridgehead atoms. The number of aryl methyl sites for hydroxylation is 2. The maximum Gasteiger partial charge on any atom is 0.274 e. The fraction of sp³-hybridized carbons (Fsp3) is 0.385. The van der Waals surface area contributed by atoms with Crippen molar-refractivity contribution in [2.24, 2.45) is 13.0 Å². The van der Waals surface area contributed by atoms with Crippen LogP contribution in [0.1, 0.15) is 53.7 Å². The van der Waals surface area contributed by atoms with Gasteiger partial charge in [-0.15, -0.1) is 0 Å². The highest BCUT2D eigenvalue weighted by atomic mass is 16.5. The molecular weight excluding hydrogens is 460 g/mol. The number of ether oxygens (including phenoxy) is 1. The minimum atomic E-state index is -0.424. The fourth-order valence-electron chi connectivity index (χ4n) is 4.88. The molecule has 3 heterocycles. The summed E-state index contributed by atoms with van der Waals surface area (Å²) < 4.78 is 12.6. The molecule has 1 N–H and O–H groups in total. The molecule has 5 rings (SSSR count). The molecule has 4 aromatic rings. The van der Waals surface area contributed by atoms with Gasteiger partial charge in [0, 0.05) is 36.0 Å². The maximum absolute atomic E-state index is 12.7. The molecule has 0 atom stereocenters. The predicted molar refractivity (Wildman–Crippen MR) is 132 cm³/mol. The van der Waals surface area contributed by atoms with Crippen LogP contribution in [0.15, 0.2) is 41.1 Å². The lowest BCUT2D eigenvalue weighted by atomic mass is 9.80. The smallest absolute Gasteiger partial charge is 0.274 e. The first-order chi connectivity index (χ1) is 17.4. The summed E-state index contributed by atoms with van der Waals surface area (Å²) in [4.78, 5) is 33.9. The third-order valence-corrected chi connectivity index (χ3v) is 6.90. The highest BCUT2D eigenvalue weighted by Crippen LogP contribution is 2.36. The zero-order chi connectivity index (χ0) is 25.2. The number of fused-ring (bicyclic) bond motifs is 1. The van der Waals surface area contributed by atoms with Gasteiger partial charge >= 0.3 is 0 Å². The first-order valence-corrected chi connectivity index (χ1v) is 12.0. The van der Waals surface area contributed by atoms with Crippen molar-refractivity contribution in [3.63, 3.8) is 0 Å². The van der Waals surface area contributed by atoms with E-state index in [2.05, 4.69) is 25.5 Å². The monoisotopic (exact) mass is 488 g/mol. The molecule has 0 unspecified atom stereocenters. The zero-order valence-electron chi connectivity index (χ0n) is 20.5. The van der Waals surface area contributed by atoms with E-state index in [9.17, 15) is 9.59 Å². The number of aromatic nitrogens is 5. The normalized spacial score (nSPS) is 17.8. The van der Waals surface area contributed by atoms with Crippen molar-refractivity contribution in [1.29, 1.82) is 0 Å². The summed E-state index contributed by atoms with van der Waals surface area (Å²) in [5, 5.41) is 12.4. The summed E-state index contributed by atoms with van der Waals surface area (Å²) in [5.41, 5.74) is 3.06. The van der Waals surface area contributed by atoms with Gasteiger partial charge in [0.05, 0.1) is 24.9 Å². The molecule has 1 fully saturated rings. The van der Waals surface area contributed by atoms with E-state index in [4.69, 9.17) is 9.26 Å². The lowest BCUT2D eigenvalue weighted by molar-refractivity contribution is -0.122. The van der Waals surface area contributed by atoms with Crippen LogP contribution in [0.3, 0.4) is 0 Å². The lowest BCUT2D eigenvalue weighted by Gasteiger charge is -2.25. The van der Waals surface area contributed by atoms with E-state index in [1.54, 1.807) is 12.1 Å². The average Bonchev–Trinajstić information content (AvgIpc) is 3.51. The SMILES string of the molecule is COc1cccnc1C(=O)NCC(=O)C1CCC(c2nc(-c3ccc4c(c3)c(C)nn4C)no2)CC1. The molecule has 0 radical (unpaired) electrons. The Kier molecular flexibility index (Phi) is 6.49. The van der Waals surface area contributed by atoms with Crippen LogP contribution in [-0.4, -0.2) is 50.3 Å². The van der Waals surface area contributed by atoms with Crippen molar-refractivity contribution in [2.75, 3.05) is 13.7 Å². The third kappa shape index (κ3) is 4.58. The number of hydrogen-bond donors (Lipinski definition) is 1. The Labute approximate surface area is 208 Å². The minimum absolute atomic E-state index is 0.0167. The molecule has 1 saturated carbocycles. The van der Waals surface area contributed by atoms with Gasteiger partial charge in [-0.1, -0.05) is 5.16 Å². The molecule has 1 aromatic carbocycles. The van der Waals surface area contributed by atoms with Crippen LogP contribution in [-0.2, 0) is 11.8 Å². The van der Waals surface area contributed by atoms with Crippen molar-refractivity contribution in [3.05, 3.63) is 53.8 Å². The second-order valence-electron chi connectivity index (χ2n) is 9.15. The molecular formula is C26H28N6O4. The summed E-state index contributed by atoms with van der Waals surface area (Å²) in [6.07, 6.45) is 4.50. The van der Waals surface area contributed by atoms with Crippen molar-refractivity contribution < 1.29 is 18.8 Å². The van der Waals surface area contributed by atoms with Gasteiger partial charge in [-0.3, -0.25) is 14.3 Å². The van der Waals surface area contributed by atoms with Crippen molar-refractivity contribution in [3.8, 4) is 17.1 Å². The Morgan fingerprint density at radius 2 is 2.00 bits per heavy atom. The molecule has 1 aliphatic rings. The highest BCUT2D eigenvalue weighted by molar-refractivity contribution is 5.97. The second-order valence-corrected chi connectivity index (χ2v) is 9.15. The number of rotatable bonds is 7. The number of carbonyl (C=O) groups is 2. The molecule has 3 aromatic heterocycles. The molecule has 0 spiro atoms. The Morgan fingerprint density at radius 1 is 1.19 bits per heavy atom. The van der Waals surface area contributed by atoms with Crippen molar-refractivity contribution in [1.82, 2.24) is 30.2 Å². The highest BCUT2D eigenvalue weighted by Gasteiger charge is 2.30. The van der Waals surface area contributed by atoms with Crippen LogP contribution in [0.2, 0.25) is 0 Å². The molecule has 1 aliphatic carbocycles. The molecule has 10 nitrogen and oxygen atoms in total. The Balaban J connectivity index is 1.17. The van der Waals surface area contributed by atoms with E-state index in [-0.39, 0.29) is 29.9 Å². The maximum atomic E-state index is 12.7. The molecule has 36 heavy (non-hydrogen) atoms. The number of nitrogens with one attached hydrogen (secondary N) is 1. The number of ketones is 1. The molecule has 10 heteroatoms. The predicted octanol–water partition coefficient (Wildman–Crippen LogP) is 3.61. The van der Waals surface area contributed by atoms with E-state index in [0.29, 0.717) is 30.3 Å². The van der Waals surface area contributed by atoms with Gasteiger partial charge in [0.1, 0.15) is 5.75 Å². The Hall–Kier alpha value is -4.08. The van der Waals surface area contributed by atoms with Crippen molar-refractivity contribution >= 4 is 22.6 Å². The Morgan fingerprint density at radius 3 is 2.78 bits per heavy atom. The summed E-state index contributed by atoms with van der Waals surface area (Å²) in [6.45, 7) is 1.95. The third-order valence-electron chi connectivity index (χ3n) is 6.90. The number of carbonyl (C=O) groups excluding carboxylic acids is 2. The number of benzene rings is 1. The van der Waals surface area contributed by atoms with Gasteiger partial charge in [0.25, 0.3) is 5.91 Å². The molecule has 186 valence electrons. The second kappa shape index (κ2) is 9.88. The number of nitrogens with zero attached hydrogens (tertiary/aromatic N) is 5. The van der Waals surface area contributed by atoms with Gasteiger partial charge in [0.15, 0.2) is 11.5 Å². The van der Waals surface area contributed by atoms with E-state index in [1.807, 2.05) is 36.9 Å². The number of hydrogen-bond acceptors (Lipinski definition) is 8. The first-order valence-electron chi connectivity index (χ1n) is 12.0. The largest absolute Gasteiger partial charge is 0.494 e. The van der Waals surface area contributed by atoms with Gasteiger partial charge < -0.3 is 14.6 Å². The van der Waals surface area contributed by atoms with Gasteiger partial charge in [-0.05, 0) is 62.9 Å². The fourth-order valence-corrected chi connectivity index (χ4v) is 4.88. The lowest BCUT2D eigenvalue weighted by Crippen LogP contribution is -2.34. The van der Waals surface area contributed by atoms with Gasteiger partial charge in [0.2, 0.25) is 11.7 Å². The van der Waals surface area contributed by atoms with Gasteiger partial charge in [-0.25, -0.2) is 4.98 Å². The summed E-state index contributed by atoms with van der Waals surface area (Å²) in [5.74, 6) is 1.14. The number of Topliss-reactive ketones (excluding diaryl/α,β-unsaturated/α-hetero) is 1. The summed E-state index contributed by atoms with van der Waals surface area (Å²) >= 11 is 0. The summed E-state index contributed by atoms with van der Waals surface area (Å²) in [7, 11) is 3.40. The topological polar surface area (TPSA) is 125 Å². The van der Waals surface area contributed by atoms with Crippen LogP contribution < -0.4 is 10.1 Å². The number of methoxy groups -OCH3 is 1. The van der Waals surface area contributed by atoms with Crippen LogP contribution in [0, 0.1) is 12.8 Å². The minimum Gasteiger partial charge on any atom is -0.494 e.